The van der Waals surface area contributed by atoms with E-state index in [1.807, 2.05) is 24.5 Å². The molecule has 0 aliphatic carbocycles. The smallest absolute Gasteiger partial charge is 0.191 e. The summed E-state index contributed by atoms with van der Waals surface area (Å²) in [5.41, 5.74) is 2.22. The second-order valence-electron chi connectivity index (χ2n) is 6.59. The Morgan fingerprint density at radius 2 is 2.08 bits per heavy atom. The molecule has 3 N–H and O–H groups in total. The molecule has 1 aromatic heterocycles. The molecule has 0 fully saturated rings. The van der Waals surface area contributed by atoms with Crippen LogP contribution in [0.15, 0.2) is 35.6 Å². The Morgan fingerprint density at radius 1 is 1.23 bits per heavy atom. The topological polar surface area (TPSA) is 74.5 Å². The summed E-state index contributed by atoms with van der Waals surface area (Å²) < 4.78 is 2.19. The van der Waals surface area contributed by atoms with E-state index in [1.165, 1.54) is 5.52 Å². The number of aromatic nitrogens is 2. The van der Waals surface area contributed by atoms with Crippen molar-refractivity contribution in [1.29, 1.82) is 0 Å². The highest BCUT2D eigenvalue weighted by Crippen LogP contribution is 2.12. The quantitative estimate of drug-likeness (QED) is 0.328. The molecule has 2 aromatic rings. The van der Waals surface area contributed by atoms with Gasteiger partial charge in [-0.25, -0.2) is 4.98 Å². The van der Waals surface area contributed by atoms with E-state index < -0.39 is 0 Å². The number of aliphatic imine (C=N–C) groups is 1. The summed E-state index contributed by atoms with van der Waals surface area (Å²) in [6, 6.07) is 8.21. The van der Waals surface area contributed by atoms with E-state index in [-0.39, 0.29) is 6.61 Å². The average molecular weight is 360 g/mol. The molecule has 0 radical (unpaired) electrons. The molecule has 1 unspecified atom stereocenters. The molecule has 0 amide bonds. The molecule has 1 atom stereocenters. The Kier molecular flexibility index (Phi) is 8.96. The van der Waals surface area contributed by atoms with Gasteiger partial charge in [-0.1, -0.05) is 25.5 Å². The minimum Gasteiger partial charge on any atom is -0.396 e. The lowest BCUT2D eigenvalue weighted by atomic mass is 10.0. The van der Waals surface area contributed by atoms with E-state index in [0.29, 0.717) is 5.92 Å². The van der Waals surface area contributed by atoms with Gasteiger partial charge in [-0.3, -0.25) is 4.99 Å². The average Bonchev–Trinajstić information content (AvgIpc) is 3.06. The number of nitrogens with zero attached hydrogens (tertiary/aromatic N) is 3. The van der Waals surface area contributed by atoms with Crippen LogP contribution < -0.4 is 10.6 Å². The Morgan fingerprint density at radius 3 is 2.85 bits per heavy atom. The molecular weight excluding hydrogens is 326 g/mol. The van der Waals surface area contributed by atoms with Crippen LogP contribution in [0.3, 0.4) is 0 Å². The molecule has 1 aromatic carbocycles. The standard InChI is InChI=1S/C20H33N5O/c1-3-8-17(11-14-26)15-23-20(21-4-2)22-12-7-13-25-16-24-18-9-5-6-10-19(18)25/h5-6,9-10,16-17,26H,3-4,7-8,11-15H2,1-2H3,(H2,21,22,23). The maximum Gasteiger partial charge on any atom is 0.191 e. The summed E-state index contributed by atoms with van der Waals surface area (Å²) in [5.74, 6) is 1.32. The maximum absolute atomic E-state index is 9.18. The first-order valence-electron chi connectivity index (χ1n) is 9.81. The number of fused-ring (bicyclic) bond motifs is 1. The normalized spacial score (nSPS) is 13.1. The van der Waals surface area contributed by atoms with Crippen molar-refractivity contribution < 1.29 is 5.11 Å². The molecule has 0 saturated heterocycles. The third-order valence-electron chi connectivity index (χ3n) is 4.48. The van der Waals surface area contributed by atoms with Crippen molar-refractivity contribution >= 4 is 17.0 Å². The van der Waals surface area contributed by atoms with Crippen LogP contribution in [0.1, 0.15) is 39.5 Å². The molecule has 6 heteroatoms. The first-order valence-corrected chi connectivity index (χ1v) is 9.81. The number of aliphatic hydroxyl groups is 1. The van der Waals surface area contributed by atoms with Crippen molar-refractivity contribution in [3.63, 3.8) is 0 Å². The number of imidazole rings is 1. The zero-order valence-electron chi connectivity index (χ0n) is 16.1. The lowest BCUT2D eigenvalue weighted by molar-refractivity contribution is 0.253. The number of aliphatic hydroxyl groups excluding tert-OH is 1. The highest BCUT2D eigenvalue weighted by molar-refractivity contribution is 5.79. The van der Waals surface area contributed by atoms with Gasteiger partial charge in [0.2, 0.25) is 0 Å². The number of nitrogens with one attached hydrogen (secondary N) is 2. The van der Waals surface area contributed by atoms with E-state index in [9.17, 15) is 5.11 Å². The fourth-order valence-electron chi connectivity index (χ4n) is 3.12. The number of hydrogen-bond donors (Lipinski definition) is 3. The van der Waals surface area contributed by atoms with Crippen molar-refractivity contribution in [3.8, 4) is 0 Å². The molecule has 0 aliphatic rings. The molecule has 0 spiro atoms. The summed E-state index contributed by atoms with van der Waals surface area (Å²) in [6.45, 7) is 7.88. The Bertz CT molecular complexity index is 661. The first kappa shape index (κ1) is 20.2. The van der Waals surface area contributed by atoms with E-state index >= 15 is 0 Å². The zero-order valence-corrected chi connectivity index (χ0v) is 16.1. The molecule has 1 heterocycles. The molecule has 2 rings (SSSR count). The van der Waals surface area contributed by atoms with Gasteiger partial charge < -0.3 is 20.3 Å². The summed E-state index contributed by atoms with van der Waals surface area (Å²) in [6.07, 6.45) is 5.97. The highest BCUT2D eigenvalue weighted by atomic mass is 16.3. The van der Waals surface area contributed by atoms with E-state index in [1.54, 1.807) is 0 Å². The number of hydrogen-bond acceptors (Lipinski definition) is 3. The van der Waals surface area contributed by atoms with Crippen LogP contribution in [0.5, 0.6) is 0 Å². The van der Waals surface area contributed by atoms with Crippen molar-refractivity contribution in [2.24, 2.45) is 10.9 Å². The van der Waals surface area contributed by atoms with Crippen LogP contribution in [0.4, 0.5) is 0 Å². The SMILES string of the molecule is CCCC(CCO)CN=C(NCC)NCCCn1cnc2ccccc21. The van der Waals surface area contributed by atoms with Gasteiger partial charge in [0, 0.05) is 32.8 Å². The number of guanidine groups is 1. The molecule has 144 valence electrons. The fourth-order valence-corrected chi connectivity index (χ4v) is 3.12. The maximum atomic E-state index is 9.18. The summed E-state index contributed by atoms with van der Waals surface area (Å²) >= 11 is 0. The Balaban J connectivity index is 1.81. The summed E-state index contributed by atoms with van der Waals surface area (Å²) in [4.78, 5) is 9.13. The minimum atomic E-state index is 0.239. The van der Waals surface area contributed by atoms with Gasteiger partial charge in [-0.15, -0.1) is 0 Å². The third-order valence-corrected chi connectivity index (χ3v) is 4.48. The molecule has 6 nitrogen and oxygen atoms in total. The van der Waals surface area contributed by atoms with Gasteiger partial charge in [0.25, 0.3) is 0 Å². The van der Waals surface area contributed by atoms with Gasteiger partial charge >= 0.3 is 0 Å². The zero-order chi connectivity index (χ0) is 18.6. The van der Waals surface area contributed by atoms with E-state index in [2.05, 4.69) is 40.1 Å². The molecule has 0 aliphatic heterocycles. The molecule has 0 bridgehead atoms. The van der Waals surface area contributed by atoms with Crippen molar-refractivity contribution in [3.05, 3.63) is 30.6 Å². The number of benzene rings is 1. The van der Waals surface area contributed by atoms with E-state index in [0.717, 1.165) is 63.3 Å². The van der Waals surface area contributed by atoms with Crippen LogP contribution in [0.2, 0.25) is 0 Å². The van der Waals surface area contributed by atoms with Crippen LogP contribution in [-0.4, -0.2) is 46.9 Å². The number of rotatable bonds is 11. The largest absolute Gasteiger partial charge is 0.396 e. The minimum absolute atomic E-state index is 0.239. The number of aryl methyl sites for hydroxylation is 1. The second-order valence-corrected chi connectivity index (χ2v) is 6.59. The predicted molar refractivity (Wildman–Crippen MR) is 108 cm³/mol. The highest BCUT2D eigenvalue weighted by Gasteiger charge is 2.07. The first-order chi connectivity index (χ1) is 12.8. The Hall–Kier alpha value is -2.08. The van der Waals surface area contributed by atoms with Gasteiger partial charge in [0.1, 0.15) is 0 Å². The van der Waals surface area contributed by atoms with Crippen molar-refractivity contribution in [2.45, 2.75) is 46.1 Å². The monoisotopic (exact) mass is 359 g/mol. The van der Waals surface area contributed by atoms with Gasteiger partial charge in [-0.05, 0) is 44.2 Å². The van der Waals surface area contributed by atoms with Crippen LogP contribution in [0, 0.1) is 5.92 Å². The van der Waals surface area contributed by atoms with Crippen molar-refractivity contribution in [2.75, 3.05) is 26.2 Å². The van der Waals surface area contributed by atoms with Crippen LogP contribution >= 0.6 is 0 Å². The molecular formula is C20H33N5O. The van der Waals surface area contributed by atoms with Crippen LogP contribution in [0.25, 0.3) is 11.0 Å². The van der Waals surface area contributed by atoms with Gasteiger partial charge in [0.15, 0.2) is 5.96 Å². The second kappa shape index (κ2) is 11.5. The van der Waals surface area contributed by atoms with E-state index in [4.69, 9.17) is 4.99 Å². The molecule has 0 saturated carbocycles. The predicted octanol–water partition coefficient (Wildman–Crippen LogP) is 2.78. The summed E-state index contributed by atoms with van der Waals surface area (Å²) in [5, 5.41) is 15.9. The van der Waals surface area contributed by atoms with Crippen molar-refractivity contribution in [1.82, 2.24) is 20.2 Å². The number of para-hydroxylation sites is 2. The fraction of sp³-hybridized carbons (Fsp3) is 0.600. The van der Waals surface area contributed by atoms with Gasteiger partial charge in [0.05, 0.1) is 17.4 Å². The third kappa shape index (κ3) is 6.33. The summed E-state index contributed by atoms with van der Waals surface area (Å²) in [7, 11) is 0. The van der Waals surface area contributed by atoms with Gasteiger partial charge in [-0.2, -0.15) is 0 Å². The molecule has 26 heavy (non-hydrogen) atoms. The lowest BCUT2D eigenvalue weighted by Gasteiger charge is -2.15. The Labute approximate surface area is 156 Å². The van der Waals surface area contributed by atoms with Crippen LogP contribution in [-0.2, 0) is 6.54 Å². The lowest BCUT2D eigenvalue weighted by Crippen LogP contribution is -2.38.